The Bertz CT molecular complexity index is 1160. The topological polar surface area (TPSA) is 121 Å². The highest BCUT2D eigenvalue weighted by Gasteiger charge is 2.44. The van der Waals surface area contributed by atoms with Gasteiger partial charge in [0.2, 0.25) is 17.7 Å². The van der Waals surface area contributed by atoms with E-state index in [4.69, 9.17) is 4.74 Å². The zero-order valence-corrected chi connectivity index (χ0v) is 22.1. The van der Waals surface area contributed by atoms with Crippen LogP contribution in [-0.4, -0.2) is 64.1 Å². The number of aryl methyl sites for hydroxylation is 1. The summed E-state index contributed by atoms with van der Waals surface area (Å²) in [5.74, 6) is -0.299. The minimum atomic E-state index is -0.823. The first-order valence-corrected chi connectivity index (χ1v) is 13.1. The lowest BCUT2D eigenvalue weighted by Gasteiger charge is -2.35. The van der Waals surface area contributed by atoms with Crippen molar-refractivity contribution in [2.45, 2.75) is 71.7 Å². The number of likely N-dealkylation sites (tertiary alicyclic amines) is 1. The van der Waals surface area contributed by atoms with Gasteiger partial charge in [0.05, 0.1) is 34.8 Å². The highest BCUT2D eigenvalue weighted by atomic mass is 32.1. The Balaban J connectivity index is 1.53. The molecule has 1 aromatic heterocycles. The van der Waals surface area contributed by atoms with E-state index in [1.165, 1.54) is 11.8 Å². The first-order chi connectivity index (χ1) is 17.0. The lowest BCUT2D eigenvalue weighted by molar-refractivity contribution is -0.144. The molecule has 9 nitrogen and oxygen atoms in total. The molecule has 2 aliphatic heterocycles. The summed E-state index contributed by atoms with van der Waals surface area (Å²) in [4.78, 5) is 45.5. The minimum Gasteiger partial charge on any atom is -0.493 e. The summed E-state index contributed by atoms with van der Waals surface area (Å²) in [6.45, 7) is 9.39. The van der Waals surface area contributed by atoms with Gasteiger partial charge in [0.15, 0.2) is 0 Å². The zero-order chi connectivity index (χ0) is 26.2. The third-order valence-electron chi connectivity index (χ3n) is 6.70. The van der Waals surface area contributed by atoms with E-state index in [1.54, 1.807) is 11.3 Å². The van der Waals surface area contributed by atoms with Crippen LogP contribution >= 0.6 is 11.3 Å². The summed E-state index contributed by atoms with van der Waals surface area (Å²) in [6, 6.07) is 4.03. The number of nitrogens with zero attached hydrogens (tertiary/aromatic N) is 2. The molecule has 194 valence electrons. The number of aliphatic hydroxyl groups is 1. The monoisotopic (exact) mass is 514 g/mol. The van der Waals surface area contributed by atoms with E-state index in [1.807, 2.05) is 51.4 Å². The number of hydrogen-bond acceptors (Lipinski definition) is 7. The van der Waals surface area contributed by atoms with E-state index in [-0.39, 0.29) is 36.7 Å². The van der Waals surface area contributed by atoms with Crippen molar-refractivity contribution in [1.29, 1.82) is 0 Å². The first-order valence-electron chi connectivity index (χ1n) is 12.2. The van der Waals surface area contributed by atoms with E-state index in [2.05, 4.69) is 15.6 Å². The van der Waals surface area contributed by atoms with Crippen LogP contribution in [0.2, 0.25) is 0 Å². The third-order valence-corrected chi connectivity index (χ3v) is 7.68. The summed E-state index contributed by atoms with van der Waals surface area (Å²) < 4.78 is 5.91. The van der Waals surface area contributed by atoms with Gasteiger partial charge in [-0.1, -0.05) is 32.9 Å². The number of amides is 3. The van der Waals surface area contributed by atoms with Gasteiger partial charge in [-0.25, -0.2) is 4.98 Å². The number of hydrogen-bond donors (Lipinski definition) is 3. The van der Waals surface area contributed by atoms with Crippen LogP contribution in [-0.2, 0) is 14.4 Å². The molecule has 0 unspecified atom stereocenters. The van der Waals surface area contributed by atoms with Gasteiger partial charge in [-0.3, -0.25) is 14.4 Å². The molecule has 3 amide bonds. The van der Waals surface area contributed by atoms with Crippen molar-refractivity contribution in [1.82, 2.24) is 20.5 Å². The number of benzene rings is 1. The van der Waals surface area contributed by atoms with Crippen molar-refractivity contribution < 1.29 is 24.2 Å². The molecule has 4 atom stereocenters. The molecule has 3 N–H and O–H groups in total. The quantitative estimate of drug-likeness (QED) is 0.564. The molecule has 0 radical (unpaired) electrons. The SMILES string of the molecule is CC(=O)N[C@H](C(=O)N1C[C@H](O)C[C@H]1C(=O)N[C@H]1CCOc2cc(-c3scnc3C)ccc21)C(C)(C)C. The Morgan fingerprint density at radius 1 is 1.28 bits per heavy atom. The van der Waals surface area contributed by atoms with Gasteiger partial charge in [-0.05, 0) is 24.0 Å². The van der Waals surface area contributed by atoms with Gasteiger partial charge in [-0.2, -0.15) is 0 Å². The predicted octanol–water partition coefficient (Wildman–Crippen LogP) is 2.57. The van der Waals surface area contributed by atoms with Crippen molar-refractivity contribution >= 4 is 29.1 Å². The van der Waals surface area contributed by atoms with Crippen molar-refractivity contribution in [3.05, 3.63) is 35.0 Å². The number of fused-ring (bicyclic) bond motifs is 1. The predicted molar refractivity (Wildman–Crippen MR) is 136 cm³/mol. The molecular formula is C26H34N4O5S. The fourth-order valence-electron chi connectivity index (χ4n) is 4.85. The maximum atomic E-state index is 13.5. The zero-order valence-electron chi connectivity index (χ0n) is 21.3. The Morgan fingerprint density at radius 2 is 2.03 bits per heavy atom. The smallest absolute Gasteiger partial charge is 0.246 e. The molecule has 0 aliphatic carbocycles. The maximum absolute atomic E-state index is 13.5. The fraction of sp³-hybridized carbons (Fsp3) is 0.538. The first kappa shape index (κ1) is 26.1. The second-order valence-corrected chi connectivity index (χ2v) is 11.5. The molecule has 0 bridgehead atoms. The Hall–Kier alpha value is -2.98. The lowest BCUT2D eigenvalue weighted by atomic mass is 9.85. The lowest BCUT2D eigenvalue weighted by Crippen LogP contribution is -2.57. The molecule has 36 heavy (non-hydrogen) atoms. The fourth-order valence-corrected chi connectivity index (χ4v) is 5.65. The van der Waals surface area contributed by atoms with Crippen molar-refractivity contribution in [3.8, 4) is 16.2 Å². The molecular weight excluding hydrogens is 480 g/mol. The summed E-state index contributed by atoms with van der Waals surface area (Å²) in [5.41, 5.74) is 4.10. The number of ether oxygens (including phenoxy) is 1. The summed E-state index contributed by atoms with van der Waals surface area (Å²) in [6.07, 6.45) is -0.0687. The summed E-state index contributed by atoms with van der Waals surface area (Å²) in [7, 11) is 0. The van der Waals surface area contributed by atoms with Crippen LogP contribution < -0.4 is 15.4 Å². The van der Waals surface area contributed by atoms with Crippen LogP contribution in [0.5, 0.6) is 5.75 Å². The largest absolute Gasteiger partial charge is 0.493 e. The molecule has 3 heterocycles. The van der Waals surface area contributed by atoms with Gasteiger partial charge in [0.25, 0.3) is 0 Å². The summed E-state index contributed by atoms with van der Waals surface area (Å²) >= 11 is 1.57. The van der Waals surface area contributed by atoms with Gasteiger partial charge >= 0.3 is 0 Å². The standard InChI is InChI=1S/C26H34N4O5S/c1-14-22(36-13-27-14)16-6-7-18-19(8-9-35-21(18)10-16)29-24(33)20-11-17(32)12-30(20)25(34)23(26(3,4)5)28-15(2)31/h6-7,10,13,17,19-20,23,32H,8-9,11-12H2,1-5H3,(H,28,31)(H,29,33)/t17-,19+,20+,23-/m1/s1. The van der Waals surface area contributed by atoms with E-state index in [9.17, 15) is 19.5 Å². The Kier molecular flexibility index (Phi) is 7.38. The van der Waals surface area contributed by atoms with Gasteiger partial charge < -0.3 is 25.4 Å². The number of rotatable bonds is 5. The highest BCUT2D eigenvalue weighted by Crippen LogP contribution is 2.38. The van der Waals surface area contributed by atoms with E-state index >= 15 is 0 Å². The average molecular weight is 515 g/mol. The maximum Gasteiger partial charge on any atom is 0.246 e. The number of nitrogens with one attached hydrogen (secondary N) is 2. The van der Waals surface area contributed by atoms with Gasteiger partial charge in [0, 0.05) is 31.9 Å². The summed E-state index contributed by atoms with van der Waals surface area (Å²) in [5, 5.41) is 16.2. The van der Waals surface area contributed by atoms with Crippen molar-refractivity contribution in [3.63, 3.8) is 0 Å². The minimum absolute atomic E-state index is 0.0466. The molecule has 4 rings (SSSR count). The molecule has 1 fully saturated rings. The normalized spacial score (nSPS) is 22.4. The number of thiazole rings is 1. The van der Waals surface area contributed by atoms with Gasteiger partial charge in [-0.15, -0.1) is 11.3 Å². The van der Waals surface area contributed by atoms with Crippen LogP contribution in [0.1, 0.15) is 57.8 Å². The van der Waals surface area contributed by atoms with Crippen LogP contribution in [0.25, 0.3) is 10.4 Å². The number of aromatic nitrogens is 1. The molecule has 1 aromatic carbocycles. The van der Waals surface area contributed by atoms with Crippen molar-refractivity contribution in [2.75, 3.05) is 13.2 Å². The molecule has 0 saturated carbocycles. The Labute approximate surface area is 215 Å². The van der Waals surface area contributed by atoms with Gasteiger partial charge in [0.1, 0.15) is 17.8 Å². The van der Waals surface area contributed by atoms with Crippen LogP contribution in [0.3, 0.4) is 0 Å². The van der Waals surface area contributed by atoms with Crippen LogP contribution in [0.15, 0.2) is 23.7 Å². The molecule has 10 heteroatoms. The number of aliphatic hydroxyl groups excluding tert-OH is 1. The highest BCUT2D eigenvalue weighted by molar-refractivity contribution is 7.13. The van der Waals surface area contributed by atoms with E-state index in [0.717, 1.165) is 27.4 Å². The number of carbonyl (C=O) groups excluding carboxylic acids is 3. The van der Waals surface area contributed by atoms with Crippen molar-refractivity contribution in [2.24, 2.45) is 5.41 Å². The number of β-amino-alcohol motifs (C(OH)–C–C–N with tert-alkyl or cyclic N) is 1. The van der Waals surface area contributed by atoms with E-state index < -0.39 is 23.6 Å². The molecule has 1 saturated heterocycles. The van der Waals surface area contributed by atoms with Crippen LogP contribution in [0, 0.1) is 12.3 Å². The van der Waals surface area contributed by atoms with E-state index in [0.29, 0.717) is 13.0 Å². The Morgan fingerprint density at radius 3 is 2.67 bits per heavy atom. The molecule has 0 spiro atoms. The molecule has 2 aliphatic rings. The third kappa shape index (κ3) is 5.39. The second-order valence-electron chi connectivity index (χ2n) is 10.6. The van der Waals surface area contributed by atoms with Crippen LogP contribution in [0.4, 0.5) is 0 Å². The number of carbonyl (C=O) groups is 3. The molecule has 2 aromatic rings. The average Bonchev–Trinajstić information content (AvgIpc) is 3.41. The second kappa shape index (κ2) is 10.2.